The molecule has 0 radical (unpaired) electrons. The minimum Gasteiger partial charge on any atom is -0.508 e. The topological polar surface area (TPSA) is 331 Å². The second kappa shape index (κ2) is 30.0. The quantitative estimate of drug-likeness (QED) is 0.00813. The fraction of sp³-hybridized carbons (Fsp3) is 0.393. The highest BCUT2D eigenvalue weighted by atomic mass is 32.2. The van der Waals surface area contributed by atoms with Gasteiger partial charge in [0.15, 0.2) is 5.78 Å². The van der Waals surface area contributed by atoms with Crippen molar-refractivity contribution in [3.63, 3.8) is 0 Å². The van der Waals surface area contributed by atoms with Gasteiger partial charge in [-0.2, -0.15) is 16.1 Å². The number of urea groups is 1. The van der Waals surface area contributed by atoms with Crippen LogP contribution in [0.2, 0.25) is 0 Å². The summed E-state index contributed by atoms with van der Waals surface area (Å²) in [5.74, 6) is -0.558. The van der Waals surface area contributed by atoms with Crippen LogP contribution in [0.25, 0.3) is 0 Å². The summed E-state index contributed by atoms with van der Waals surface area (Å²) < 4.78 is 58.9. The Morgan fingerprint density at radius 3 is 2.15 bits per heavy atom. The van der Waals surface area contributed by atoms with Gasteiger partial charge in [-0.05, 0) is 91.6 Å². The molecule has 0 bridgehead atoms. The molecule has 6 aromatic rings. The average Bonchev–Trinajstić information content (AvgIpc) is 1.64. The van der Waals surface area contributed by atoms with Gasteiger partial charge in [0, 0.05) is 73.2 Å². The average molecular weight is 1250 g/mol. The van der Waals surface area contributed by atoms with Gasteiger partial charge in [-0.15, -0.1) is 5.10 Å². The van der Waals surface area contributed by atoms with E-state index in [0.29, 0.717) is 59.7 Å². The highest BCUT2D eigenvalue weighted by Gasteiger charge is 2.42. The lowest BCUT2D eigenvalue weighted by Crippen LogP contribution is -2.47. The fourth-order valence-corrected chi connectivity index (χ4v) is 15.0. The fourth-order valence-electron chi connectivity index (χ4n) is 10.4. The third-order valence-electron chi connectivity index (χ3n) is 15.1. The summed E-state index contributed by atoms with van der Waals surface area (Å²) in [7, 11) is -8.88. The van der Waals surface area contributed by atoms with Crippen LogP contribution >= 0.6 is 11.8 Å². The van der Waals surface area contributed by atoms with Crippen LogP contribution < -0.4 is 26.6 Å². The Kier molecular flexibility index (Phi) is 22.4. The van der Waals surface area contributed by atoms with E-state index in [0.717, 1.165) is 59.7 Å². The Bertz CT molecular complexity index is 3590. The van der Waals surface area contributed by atoms with Crippen LogP contribution in [-0.2, 0) is 53.6 Å². The number of carbonyl (C=O) groups is 5. The molecule has 2 fully saturated rings. The van der Waals surface area contributed by atoms with Crippen molar-refractivity contribution < 1.29 is 55.9 Å². The molecule has 8 rings (SSSR count). The highest BCUT2D eigenvalue weighted by Crippen LogP contribution is 2.34. The summed E-state index contributed by atoms with van der Waals surface area (Å²) >= 11 is 1.85. The molecule has 2 aliphatic heterocycles. The number of aromatic hydroxyl groups is 1. The van der Waals surface area contributed by atoms with E-state index in [2.05, 4.69) is 36.9 Å². The maximum atomic E-state index is 14.6. The molecule has 462 valence electrons. The molecular weight excluding hydrogens is 1180 g/mol. The largest absolute Gasteiger partial charge is 0.508 e. The first-order valence-electron chi connectivity index (χ1n) is 28.8. The van der Waals surface area contributed by atoms with E-state index in [1.54, 1.807) is 74.5 Å². The van der Waals surface area contributed by atoms with Crippen molar-refractivity contribution in [2.45, 2.75) is 135 Å². The second-order valence-electron chi connectivity index (χ2n) is 22.1. The Morgan fingerprint density at radius 2 is 1.44 bits per heavy atom. The monoisotopic (exact) mass is 1250 g/mol. The van der Waals surface area contributed by atoms with Gasteiger partial charge < -0.3 is 36.8 Å². The van der Waals surface area contributed by atoms with Crippen molar-refractivity contribution in [3.05, 3.63) is 172 Å². The number of sulfonamides is 1. The number of hydrogen-bond donors (Lipinski definition) is 7. The van der Waals surface area contributed by atoms with Crippen LogP contribution in [0.4, 0.5) is 10.5 Å². The molecule has 5 amide bonds. The highest BCUT2D eigenvalue weighted by molar-refractivity contribution is 8.00. The van der Waals surface area contributed by atoms with E-state index in [9.17, 15) is 61.1 Å². The number of amides is 5. The summed E-state index contributed by atoms with van der Waals surface area (Å²) in [6, 6.07) is 28.7. The second-order valence-corrected chi connectivity index (χ2v) is 27.3. The number of nitrogens with zero attached hydrogens (tertiary/aromatic N) is 5. The molecule has 26 heteroatoms. The normalized spacial score (nSPS) is 16.7. The number of phenols is 1. The number of sulfone groups is 1. The maximum absolute atomic E-state index is 14.6. The van der Waals surface area contributed by atoms with E-state index in [1.807, 2.05) is 17.8 Å². The molecule has 6 atom stereocenters. The van der Waals surface area contributed by atoms with Gasteiger partial charge in [0.25, 0.3) is 5.69 Å². The number of aliphatic hydroxyl groups is 1. The maximum Gasteiger partial charge on any atom is 0.315 e. The number of non-ortho nitro benzene ring substituents is 1. The number of thioether (sulfide) groups is 1. The van der Waals surface area contributed by atoms with Crippen LogP contribution in [0.15, 0.2) is 148 Å². The van der Waals surface area contributed by atoms with Crippen LogP contribution in [0.1, 0.15) is 104 Å². The number of fused-ring (bicyclic) bond motifs is 1. The molecule has 0 spiro atoms. The molecule has 87 heavy (non-hydrogen) atoms. The number of carbonyl (C=O) groups excluding carboxylic acids is 5. The number of aliphatic hydroxyl groups excluding tert-OH is 1. The summed E-state index contributed by atoms with van der Waals surface area (Å²) in [6.45, 7) is 3.21. The first-order chi connectivity index (χ1) is 41.6. The lowest BCUT2D eigenvalue weighted by molar-refractivity contribution is -0.384. The first kappa shape index (κ1) is 64.9. The molecule has 2 saturated heterocycles. The number of unbranched alkanes of at least 4 members (excludes halogenated alkanes) is 3. The number of benzene rings is 5. The van der Waals surface area contributed by atoms with Crippen molar-refractivity contribution in [2.24, 2.45) is 5.92 Å². The Balaban J connectivity index is 0.908. The summed E-state index contributed by atoms with van der Waals surface area (Å²) in [5, 5.41) is 57.0. The van der Waals surface area contributed by atoms with Gasteiger partial charge in [0.2, 0.25) is 37.6 Å². The summed E-state index contributed by atoms with van der Waals surface area (Å²) in [6.07, 6.45) is 4.92. The molecule has 1 unspecified atom stereocenters. The molecule has 2 aliphatic rings. The van der Waals surface area contributed by atoms with Crippen molar-refractivity contribution in [1.29, 1.82) is 0 Å². The third-order valence-corrected chi connectivity index (χ3v) is 20.2. The molecule has 5 aromatic carbocycles. The van der Waals surface area contributed by atoms with E-state index in [4.69, 9.17) is 0 Å². The lowest BCUT2D eigenvalue weighted by atomic mass is 9.99. The zero-order chi connectivity index (χ0) is 62.3. The van der Waals surface area contributed by atoms with E-state index in [1.165, 1.54) is 41.2 Å². The molecular formula is C61H72N10O13S3. The minimum atomic E-state index is -4.53. The predicted octanol–water partition coefficient (Wildman–Crippen LogP) is 6.19. The number of phenolic OH excluding ortho intramolecular Hbond substituents is 1. The number of aromatic nitrogens is 3. The van der Waals surface area contributed by atoms with Crippen molar-refractivity contribution in [2.75, 3.05) is 25.4 Å². The molecule has 7 N–H and O–H groups in total. The van der Waals surface area contributed by atoms with Crippen LogP contribution in [-0.4, -0.2) is 136 Å². The van der Waals surface area contributed by atoms with Crippen LogP contribution in [0.3, 0.4) is 0 Å². The van der Waals surface area contributed by atoms with Gasteiger partial charge in [0.1, 0.15) is 17.5 Å². The minimum absolute atomic E-state index is 0.0137. The molecule has 23 nitrogen and oxygen atoms in total. The van der Waals surface area contributed by atoms with Crippen molar-refractivity contribution in [3.8, 4) is 5.75 Å². The Hall–Kier alpha value is -8.04. The van der Waals surface area contributed by atoms with Gasteiger partial charge in [-0.1, -0.05) is 105 Å². The van der Waals surface area contributed by atoms with Gasteiger partial charge in [-0.3, -0.25) is 29.3 Å². The molecule has 1 aromatic heterocycles. The zero-order valence-electron chi connectivity index (χ0n) is 48.2. The first-order valence-corrected chi connectivity index (χ1v) is 32.8. The SMILES string of the molecule is CC(C)CN(CC(O)[C@H](Cc1ccc(O)cc1)n1cc(CNC(=O)[C@H](Cc2ccc(C(=O)c3ccccc3)cc2)NC(=O)CCCCCNC(=O)CCCC[C@@H]2SC[C@@H]3NC(=O)N[C@@H]32)nn1)S(=O)(=O)c1cccc(S(=O)(=O)c2ccc([N+](=O)[O-])cc2)c1. The lowest BCUT2D eigenvalue weighted by Gasteiger charge is -2.30. The Morgan fingerprint density at radius 1 is 0.770 bits per heavy atom. The third kappa shape index (κ3) is 17.8. The van der Waals surface area contributed by atoms with E-state index >= 15 is 0 Å². The number of nitro groups is 1. The van der Waals surface area contributed by atoms with Crippen LogP contribution in [0.5, 0.6) is 5.75 Å². The molecule has 0 aliphatic carbocycles. The predicted molar refractivity (Wildman–Crippen MR) is 325 cm³/mol. The number of nitrogens with one attached hydrogen (secondary N) is 5. The number of ketones is 1. The van der Waals surface area contributed by atoms with E-state index in [-0.39, 0.29) is 106 Å². The Labute approximate surface area is 509 Å². The summed E-state index contributed by atoms with van der Waals surface area (Å²) in [5.41, 5.74) is 2.15. The standard InChI is InChI=1S/C61H72N10O13S3/c1-40(2)36-69(87(83,84)50-15-11-14-49(34-50)86(81,82)48-29-25-46(26-30-48)71(79)80)38-54(73)53(33-42-21-27-47(72)28-22-42)70-37-45(67-68-70)35-63-60(77)51(32-41-19-23-44(24-20-41)59(76)43-12-5-3-6-13-43)64-57(75)18-7-4-10-31-62-56(74)17-9-8-16-55-58-52(39-85-55)65-61(78)66-58/h3,5-6,11-15,19-30,34,37,40,51-55,58,72-73H,4,7-10,16-18,31-33,35-36,38-39H2,1-2H3,(H,62,74)(H,63,77)(H,64,75)(H2,65,66,78)/t51-,52-,53-,54?,55-,58-/m0/s1. The number of rotatable bonds is 32. The summed E-state index contributed by atoms with van der Waals surface area (Å²) in [4.78, 5) is 74.7. The number of hydrogen-bond acceptors (Lipinski definition) is 16. The van der Waals surface area contributed by atoms with Crippen molar-refractivity contribution in [1.82, 2.24) is 45.9 Å². The van der Waals surface area contributed by atoms with Gasteiger partial charge >= 0.3 is 6.03 Å². The molecule has 0 saturated carbocycles. The molecule has 3 heterocycles. The van der Waals surface area contributed by atoms with Crippen molar-refractivity contribution >= 4 is 66.8 Å². The number of nitro benzene ring substituents is 1. The van der Waals surface area contributed by atoms with Crippen LogP contribution in [0, 0.1) is 16.0 Å². The van der Waals surface area contributed by atoms with Gasteiger partial charge in [-0.25, -0.2) is 26.3 Å². The van der Waals surface area contributed by atoms with Gasteiger partial charge in [0.05, 0.1) is 56.6 Å². The smallest absolute Gasteiger partial charge is 0.315 e. The zero-order valence-corrected chi connectivity index (χ0v) is 50.6. The van der Waals surface area contributed by atoms with E-state index < -0.39 is 55.4 Å².